The van der Waals surface area contributed by atoms with Gasteiger partial charge >= 0.3 is 5.69 Å². The topological polar surface area (TPSA) is 91.5 Å². The molecule has 0 amide bonds. The summed E-state index contributed by atoms with van der Waals surface area (Å²) in [4.78, 5) is 34.1. The molecule has 2 rings (SSSR count). The van der Waals surface area contributed by atoms with Crippen LogP contribution in [0, 0.1) is 0 Å². The highest BCUT2D eigenvalue weighted by atomic mass is 16.2. The molecule has 2 aromatic rings. The van der Waals surface area contributed by atoms with Crippen molar-refractivity contribution in [1.29, 1.82) is 0 Å². The molecular formula is C8H6N4O2. The van der Waals surface area contributed by atoms with E-state index >= 15 is 0 Å². The van der Waals surface area contributed by atoms with E-state index in [1.54, 1.807) is 6.07 Å². The Hall–Kier alpha value is -2.24. The third-order valence-corrected chi connectivity index (χ3v) is 1.62. The Morgan fingerprint density at radius 3 is 2.71 bits per heavy atom. The van der Waals surface area contributed by atoms with Gasteiger partial charge in [0, 0.05) is 12.3 Å². The van der Waals surface area contributed by atoms with Gasteiger partial charge in [-0.1, -0.05) is 0 Å². The van der Waals surface area contributed by atoms with E-state index in [9.17, 15) is 9.59 Å². The Labute approximate surface area is 77.7 Å². The zero-order valence-corrected chi connectivity index (χ0v) is 7.02. The second-order valence-electron chi connectivity index (χ2n) is 2.60. The molecule has 0 fully saturated rings. The Kier molecular flexibility index (Phi) is 1.94. The maximum atomic E-state index is 11.0. The molecule has 0 aromatic carbocycles. The lowest BCUT2D eigenvalue weighted by Crippen LogP contribution is -2.21. The van der Waals surface area contributed by atoms with Crippen molar-refractivity contribution in [3.8, 4) is 11.4 Å². The fourth-order valence-electron chi connectivity index (χ4n) is 1.06. The Morgan fingerprint density at radius 2 is 2.07 bits per heavy atom. The smallest absolute Gasteiger partial charge is 0.305 e. The van der Waals surface area contributed by atoms with E-state index in [1.165, 1.54) is 18.6 Å². The van der Waals surface area contributed by atoms with E-state index in [2.05, 4.69) is 19.9 Å². The molecule has 14 heavy (non-hydrogen) atoms. The van der Waals surface area contributed by atoms with Gasteiger partial charge in [-0.05, 0) is 6.07 Å². The monoisotopic (exact) mass is 190 g/mol. The van der Waals surface area contributed by atoms with Crippen LogP contribution in [0.4, 0.5) is 0 Å². The Bertz CT molecular complexity index is 515. The summed E-state index contributed by atoms with van der Waals surface area (Å²) in [5, 5.41) is 0. The highest BCUT2D eigenvalue weighted by molar-refractivity contribution is 5.51. The molecule has 70 valence electrons. The molecule has 0 atom stereocenters. The van der Waals surface area contributed by atoms with Gasteiger partial charge in [-0.2, -0.15) is 0 Å². The molecule has 0 unspecified atom stereocenters. The quantitative estimate of drug-likeness (QED) is 0.635. The number of rotatable bonds is 1. The largest absolute Gasteiger partial charge is 0.326 e. The second kappa shape index (κ2) is 3.25. The number of nitrogens with one attached hydrogen (secondary N) is 2. The zero-order valence-electron chi connectivity index (χ0n) is 7.02. The van der Waals surface area contributed by atoms with Gasteiger partial charge in [0.25, 0.3) is 5.56 Å². The summed E-state index contributed by atoms with van der Waals surface area (Å²) in [7, 11) is 0. The highest BCUT2D eigenvalue weighted by Gasteiger charge is 2.00. The van der Waals surface area contributed by atoms with Crippen molar-refractivity contribution in [3.05, 3.63) is 45.5 Å². The molecule has 0 aliphatic carbocycles. The maximum absolute atomic E-state index is 11.0. The molecular weight excluding hydrogens is 184 g/mol. The van der Waals surface area contributed by atoms with Crippen LogP contribution in [0.15, 0.2) is 34.2 Å². The normalized spacial score (nSPS) is 10.0. The molecule has 0 saturated heterocycles. The first-order valence-electron chi connectivity index (χ1n) is 3.86. The SMILES string of the molecule is O=c1cc(-c2ccncn2)[nH]c(=O)[nH]1. The van der Waals surface area contributed by atoms with Crippen molar-refractivity contribution in [1.82, 2.24) is 19.9 Å². The van der Waals surface area contributed by atoms with Crippen LogP contribution in [0.2, 0.25) is 0 Å². The minimum absolute atomic E-state index is 0.376. The summed E-state index contributed by atoms with van der Waals surface area (Å²) in [6.07, 6.45) is 2.87. The molecule has 0 saturated carbocycles. The van der Waals surface area contributed by atoms with E-state index < -0.39 is 11.2 Å². The van der Waals surface area contributed by atoms with E-state index in [4.69, 9.17) is 0 Å². The van der Waals surface area contributed by atoms with Crippen molar-refractivity contribution >= 4 is 0 Å². The van der Waals surface area contributed by atoms with E-state index in [1.807, 2.05) is 0 Å². The lowest BCUT2D eigenvalue weighted by molar-refractivity contribution is 1.03. The van der Waals surface area contributed by atoms with Gasteiger partial charge in [-0.3, -0.25) is 9.78 Å². The van der Waals surface area contributed by atoms with E-state index in [-0.39, 0.29) is 0 Å². The summed E-state index contributed by atoms with van der Waals surface area (Å²) in [5.74, 6) is 0. The van der Waals surface area contributed by atoms with Gasteiger partial charge in [0.1, 0.15) is 6.33 Å². The number of nitrogens with zero attached hydrogens (tertiary/aromatic N) is 2. The average molecular weight is 190 g/mol. The highest BCUT2D eigenvalue weighted by Crippen LogP contribution is 2.06. The van der Waals surface area contributed by atoms with Crippen LogP contribution in [-0.2, 0) is 0 Å². The summed E-state index contributed by atoms with van der Waals surface area (Å²) >= 11 is 0. The summed E-state index contributed by atoms with van der Waals surface area (Å²) in [6.45, 7) is 0. The van der Waals surface area contributed by atoms with Crippen LogP contribution in [-0.4, -0.2) is 19.9 Å². The standard InChI is InChI=1S/C8H6N4O2/c13-7-3-6(11-8(14)12-7)5-1-2-9-4-10-5/h1-4H,(H2,11,12,13,14). The summed E-state index contributed by atoms with van der Waals surface area (Å²) in [6, 6.07) is 2.87. The van der Waals surface area contributed by atoms with Crippen molar-refractivity contribution in [3.63, 3.8) is 0 Å². The number of H-pyrrole nitrogens is 2. The predicted octanol–water partition coefficient (Wildman–Crippen LogP) is -0.480. The van der Waals surface area contributed by atoms with E-state index in [0.29, 0.717) is 11.4 Å². The molecule has 0 radical (unpaired) electrons. The molecule has 0 aliphatic rings. The molecule has 2 heterocycles. The average Bonchev–Trinajstić information content (AvgIpc) is 2.18. The van der Waals surface area contributed by atoms with Crippen molar-refractivity contribution in [2.45, 2.75) is 0 Å². The van der Waals surface area contributed by atoms with Crippen LogP contribution in [0.5, 0.6) is 0 Å². The van der Waals surface area contributed by atoms with Crippen LogP contribution in [0.25, 0.3) is 11.4 Å². The second-order valence-corrected chi connectivity index (χ2v) is 2.60. The van der Waals surface area contributed by atoms with Gasteiger partial charge in [0.15, 0.2) is 0 Å². The van der Waals surface area contributed by atoms with Crippen LogP contribution >= 0.6 is 0 Å². The molecule has 0 spiro atoms. The van der Waals surface area contributed by atoms with Crippen LogP contribution in [0.1, 0.15) is 0 Å². The first kappa shape index (κ1) is 8.36. The van der Waals surface area contributed by atoms with E-state index in [0.717, 1.165) is 0 Å². The van der Waals surface area contributed by atoms with Crippen molar-refractivity contribution in [2.24, 2.45) is 0 Å². The molecule has 6 heteroatoms. The fourth-order valence-corrected chi connectivity index (χ4v) is 1.06. The molecule has 2 N–H and O–H groups in total. The lowest BCUT2D eigenvalue weighted by atomic mass is 10.3. The van der Waals surface area contributed by atoms with Crippen LogP contribution in [0.3, 0.4) is 0 Å². The van der Waals surface area contributed by atoms with Crippen molar-refractivity contribution < 1.29 is 0 Å². The summed E-state index contributed by atoms with van der Waals surface area (Å²) in [5.41, 5.74) is -0.127. The van der Waals surface area contributed by atoms with Gasteiger partial charge in [-0.15, -0.1) is 0 Å². The lowest BCUT2D eigenvalue weighted by Gasteiger charge is -1.96. The first-order chi connectivity index (χ1) is 6.75. The minimum Gasteiger partial charge on any atom is -0.305 e. The number of aromatic nitrogens is 4. The third-order valence-electron chi connectivity index (χ3n) is 1.62. The van der Waals surface area contributed by atoms with Gasteiger partial charge < -0.3 is 4.98 Å². The number of hydrogen-bond acceptors (Lipinski definition) is 4. The fraction of sp³-hybridized carbons (Fsp3) is 0. The molecule has 0 aliphatic heterocycles. The Balaban J connectivity index is 2.64. The number of hydrogen-bond donors (Lipinski definition) is 2. The molecule has 6 nitrogen and oxygen atoms in total. The van der Waals surface area contributed by atoms with Crippen LogP contribution < -0.4 is 11.2 Å². The molecule has 0 bridgehead atoms. The third kappa shape index (κ3) is 1.58. The number of aromatic amines is 2. The van der Waals surface area contributed by atoms with Gasteiger partial charge in [-0.25, -0.2) is 14.8 Å². The zero-order chi connectivity index (χ0) is 9.97. The molecule has 2 aromatic heterocycles. The minimum atomic E-state index is -0.550. The Morgan fingerprint density at radius 1 is 1.21 bits per heavy atom. The first-order valence-corrected chi connectivity index (χ1v) is 3.86. The van der Waals surface area contributed by atoms with Crippen molar-refractivity contribution in [2.75, 3.05) is 0 Å². The summed E-state index contributed by atoms with van der Waals surface area (Å²) < 4.78 is 0. The maximum Gasteiger partial charge on any atom is 0.326 e. The van der Waals surface area contributed by atoms with Gasteiger partial charge in [0.05, 0.1) is 11.4 Å². The van der Waals surface area contributed by atoms with Gasteiger partial charge in [0.2, 0.25) is 0 Å². The predicted molar refractivity (Wildman–Crippen MR) is 48.7 cm³/mol.